The van der Waals surface area contributed by atoms with Crippen LogP contribution in [0.4, 0.5) is 0 Å². The molecule has 1 aromatic carbocycles. The maximum atomic E-state index is 9.26. The second kappa shape index (κ2) is 3.71. The molecule has 0 unspecified atom stereocenters. The topological polar surface area (TPSA) is 46.2 Å². The minimum atomic E-state index is -0.178. The molecule has 2 nitrogen and oxygen atoms in total. The maximum Gasteiger partial charge on any atom is 0.153 e. The molecule has 3 N–H and O–H groups in total. The van der Waals surface area contributed by atoms with E-state index in [1.807, 2.05) is 0 Å². The van der Waals surface area contributed by atoms with Crippen LogP contribution in [0.15, 0.2) is 6.07 Å². The highest BCUT2D eigenvalue weighted by molar-refractivity contribution is 6.41. The monoisotopic (exact) mass is 225 g/mol. The van der Waals surface area contributed by atoms with Crippen molar-refractivity contribution in [3.05, 3.63) is 26.7 Å². The molecule has 1 rings (SSSR count). The number of phenols is 1. The van der Waals surface area contributed by atoms with Crippen LogP contribution in [-0.4, -0.2) is 5.11 Å². The van der Waals surface area contributed by atoms with Crippen LogP contribution < -0.4 is 5.73 Å². The molecule has 0 atom stereocenters. The molecule has 0 radical (unpaired) electrons. The molecule has 66 valence electrons. The summed E-state index contributed by atoms with van der Waals surface area (Å²) in [5, 5.41) is 9.88. The Labute approximate surface area is 84.8 Å². The molecule has 0 fully saturated rings. The van der Waals surface area contributed by atoms with Gasteiger partial charge in [-0.25, -0.2) is 0 Å². The quantitative estimate of drug-likeness (QED) is 0.773. The van der Waals surface area contributed by atoms with Crippen molar-refractivity contribution < 1.29 is 5.11 Å². The molecule has 0 aromatic heterocycles. The fourth-order valence-corrected chi connectivity index (χ4v) is 1.72. The second-order valence-electron chi connectivity index (χ2n) is 2.19. The van der Waals surface area contributed by atoms with Crippen LogP contribution in [0, 0.1) is 0 Å². The van der Waals surface area contributed by atoms with Crippen LogP contribution in [-0.2, 0) is 6.54 Å². The van der Waals surface area contributed by atoms with Gasteiger partial charge in [-0.3, -0.25) is 0 Å². The van der Waals surface area contributed by atoms with Gasteiger partial charge in [-0.2, -0.15) is 0 Å². The summed E-state index contributed by atoms with van der Waals surface area (Å²) < 4.78 is 0. The Morgan fingerprint density at radius 1 is 1.25 bits per heavy atom. The fourth-order valence-electron chi connectivity index (χ4n) is 0.806. The summed E-state index contributed by atoms with van der Waals surface area (Å²) >= 11 is 17.0. The van der Waals surface area contributed by atoms with Crippen molar-refractivity contribution in [2.24, 2.45) is 5.73 Å². The van der Waals surface area contributed by atoms with Gasteiger partial charge in [0.25, 0.3) is 0 Å². The van der Waals surface area contributed by atoms with Crippen molar-refractivity contribution in [1.29, 1.82) is 0 Å². The van der Waals surface area contributed by atoms with Gasteiger partial charge in [0.1, 0.15) is 0 Å². The molecule has 0 saturated carbocycles. The van der Waals surface area contributed by atoms with E-state index < -0.39 is 0 Å². The molecule has 0 aliphatic carbocycles. The summed E-state index contributed by atoms with van der Waals surface area (Å²) in [5.74, 6) is -0.178. The number of rotatable bonds is 1. The van der Waals surface area contributed by atoms with Crippen LogP contribution in [0.1, 0.15) is 5.56 Å². The smallest absolute Gasteiger partial charge is 0.153 e. The summed E-state index contributed by atoms with van der Waals surface area (Å²) in [7, 11) is 0. The minimum Gasteiger partial charge on any atom is -0.505 e. The van der Waals surface area contributed by atoms with Crippen molar-refractivity contribution in [2.75, 3.05) is 0 Å². The number of nitrogens with two attached hydrogens (primary N) is 1. The molecular formula is C7H6Cl3NO. The number of phenolic OH excluding ortho intramolecular Hbond substituents is 1. The first-order valence-corrected chi connectivity index (χ1v) is 4.26. The average Bonchev–Trinajstić information content (AvgIpc) is 2.01. The van der Waals surface area contributed by atoms with Gasteiger partial charge in [0, 0.05) is 17.1 Å². The Hall–Kier alpha value is -0.150. The lowest BCUT2D eigenvalue weighted by Gasteiger charge is -2.07. The highest BCUT2D eigenvalue weighted by Gasteiger charge is 2.12. The normalized spacial score (nSPS) is 10.3. The van der Waals surface area contributed by atoms with Crippen molar-refractivity contribution >= 4 is 34.8 Å². The molecule has 0 bridgehead atoms. The van der Waals surface area contributed by atoms with E-state index in [-0.39, 0.29) is 22.3 Å². The Kier molecular flexibility index (Phi) is 3.07. The zero-order chi connectivity index (χ0) is 9.30. The molecule has 1 aromatic rings. The van der Waals surface area contributed by atoms with Gasteiger partial charge in [0.05, 0.1) is 10.0 Å². The molecule has 0 aliphatic heterocycles. The maximum absolute atomic E-state index is 9.26. The Balaban J connectivity index is 3.40. The summed E-state index contributed by atoms with van der Waals surface area (Å²) in [6.45, 7) is 0.169. The van der Waals surface area contributed by atoms with Crippen molar-refractivity contribution in [3.63, 3.8) is 0 Å². The van der Waals surface area contributed by atoms with Gasteiger partial charge in [-0.1, -0.05) is 34.8 Å². The molecule has 5 heteroatoms. The Bertz CT molecular complexity index is 314. The molecule has 12 heavy (non-hydrogen) atoms. The third kappa shape index (κ3) is 1.62. The number of aromatic hydroxyl groups is 1. The van der Waals surface area contributed by atoms with Gasteiger partial charge >= 0.3 is 0 Å². The second-order valence-corrected chi connectivity index (χ2v) is 3.38. The van der Waals surface area contributed by atoms with Gasteiger partial charge in [-0.15, -0.1) is 0 Å². The molecule has 0 heterocycles. The van der Waals surface area contributed by atoms with Crippen molar-refractivity contribution in [2.45, 2.75) is 6.54 Å². The Morgan fingerprint density at radius 3 is 2.33 bits per heavy atom. The molecule has 0 amide bonds. The number of hydrogen-bond acceptors (Lipinski definition) is 2. The van der Waals surface area contributed by atoms with E-state index in [0.29, 0.717) is 10.6 Å². The van der Waals surface area contributed by atoms with E-state index in [4.69, 9.17) is 40.5 Å². The molecular weight excluding hydrogens is 220 g/mol. The number of benzene rings is 1. The van der Waals surface area contributed by atoms with Crippen molar-refractivity contribution in [1.82, 2.24) is 0 Å². The highest BCUT2D eigenvalue weighted by Crippen LogP contribution is 2.38. The summed E-state index contributed by atoms with van der Waals surface area (Å²) in [4.78, 5) is 0. The van der Waals surface area contributed by atoms with Crippen LogP contribution in [0.2, 0.25) is 15.1 Å². The van der Waals surface area contributed by atoms with Crippen LogP contribution >= 0.6 is 34.8 Å². The predicted octanol–water partition coefficient (Wildman–Crippen LogP) is 2.81. The minimum absolute atomic E-state index is 0.120. The van der Waals surface area contributed by atoms with Gasteiger partial charge in [0.15, 0.2) is 5.75 Å². The summed E-state index contributed by atoms with van der Waals surface area (Å²) in [5.41, 5.74) is 5.85. The SMILES string of the molecule is NCc1c(Cl)cc(Cl)c(O)c1Cl. The third-order valence-corrected chi connectivity index (χ3v) is 2.48. The van der Waals surface area contributed by atoms with E-state index >= 15 is 0 Å². The van der Waals surface area contributed by atoms with Crippen LogP contribution in [0.25, 0.3) is 0 Å². The van der Waals surface area contributed by atoms with E-state index in [0.717, 1.165) is 0 Å². The zero-order valence-electron chi connectivity index (χ0n) is 5.94. The largest absolute Gasteiger partial charge is 0.505 e. The van der Waals surface area contributed by atoms with E-state index in [9.17, 15) is 5.11 Å². The predicted molar refractivity (Wildman–Crippen MR) is 51.0 cm³/mol. The molecule has 0 saturated heterocycles. The molecule has 0 spiro atoms. The standard InChI is InChI=1S/C7H6Cl3NO/c8-4-1-5(9)7(12)6(10)3(4)2-11/h1,12H,2,11H2. The van der Waals surface area contributed by atoms with E-state index in [2.05, 4.69) is 0 Å². The van der Waals surface area contributed by atoms with Crippen LogP contribution in [0.5, 0.6) is 5.75 Å². The van der Waals surface area contributed by atoms with E-state index in [1.54, 1.807) is 0 Å². The van der Waals surface area contributed by atoms with E-state index in [1.165, 1.54) is 6.07 Å². The summed E-state index contributed by atoms with van der Waals surface area (Å²) in [6, 6.07) is 1.41. The van der Waals surface area contributed by atoms with Gasteiger partial charge in [-0.05, 0) is 6.07 Å². The highest BCUT2D eigenvalue weighted by atomic mass is 35.5. The lowest BCUT2D eigenvalue weighted by molar-refractivity contribution is 0.475. The average molecular weight is 226 g/mol. The lowest BCUT2D eigenvalue weighted by atomic mass is 10.2. The summed E-state index contributed by atoms with van der Waals surface area (Å²) in [6.07, 6.45) is 0. The Morgan fingerprint density at radius 2 is 1.83 bits per heavy atom. The van der Waals surface area contributed by atoms with Crippen molar-refractivity contribution in [3.8, 4) is 5.75 Å². The first-order valence-electron chi connectivity index (χ1n) is 3.13. The van der Waals surface area contributed by atoms with Gasteiger partial charge in [0.2, 0.25) is 0 Å². The van der Waals surface area contributed by atoms with Crippen LogP contribution in [0.3, 0.4) is 0 Å². The molecule has 0 aliphatic rings. The first kappa shape index (κ1) is 9.93. The fraction of sp³-hybridized carbons (Fsp3) is 0.143. The first-order chi connectivity index (χ1) is 5.57. The van der Waals surface area contributed by atoms with Gasteiger partial charge < -0.3 is 10.8 Å². The number of hydrogen-bond donors (Lipinski definition) is 2. The third-order valence-electron chi connectivity index (χ3n) is 1.44. The lowest BCUT2D eigenvalue weighted by Crippen LogP contribution is -1.98. The zero-order valence-corrected chi connectivity index (χ0v) is 8.21. The number of halogens is 3.